The van der Waals surface area contributed by atoms with Gasteiger partial charge < -0.3 is 15.2 Å². The molecule has 0 amide bonds. The Morgan fingerprint density at radius 1 is 1.15 bits per heavy atom. The van der Waals surface area contributed by atoms with Crippen molar-refractivity contribution in [1.29, 1.82) is 0 Å². The molecule has 4 nitrogen and oxygen atoms in total. The van der Waals surface area contributed by atoms with Gasteiger partial charge in [-0.25, -0.2) is 4.79 Å². The minimum Gasteiger partial charge on any atom is -0.506 e. The fourth-order valence-electron chi connectivity index (χ4n) is 1.77. The highest BCUT2D eigenvalue weighted by molar-refractivity contribution is 5.92. The van der Waals surface area contributed by atoms with E-state index in [2.05, 4.69) is 5.32 Å². The molecular weight excluding hydrogens is 254 g/mol. The molecule has 2 aromatic carbocycles. The Bertz CT molecular complexity index is 582. The monoisotopic (exact) mass is 271 g/mol. The van der Waals surface area contributed by atoms with Crippen molar-refractivity contribution in [2.75, 3.05) is 11.9 Å². The summed E-state index contributed by atoms with van der Waals surface area (Å²) in [6, 6.07) is 13.6. The van der Waals surface area contributed by atoms with Gasteiger partial charge in [-0.1, -0.05) is 31.2 Å². The molecule has 4 heteroatoms. The molecule has 2 N–H and O–H groups in total. The minimum atomic E-state index is -0.448. The first-order valence-electron chi connectivity index (χ1n) is 6.55. The maximum absolute atomic E-state index is 12.0. The van der Waals surface area contributed by atoms with E-state index in [9.17, 15) is 9.90 Å². The van der Waals surface area contributed by atoms with Gasteiger partial charge in [-0.3, -0.25) is 0 Å². The van der Waals surface area contributed by atoms with Crippen molar-refractivity contribution in [3.63, 3.8) is 0 Å². The number of esters is 1. The lowest BCUT2D eigenvalue weighted by atomic mass is 10.2. The van der Waals surface area contributed by atoms with Gasteiger partial charge in [0, 0.05) is 6.54 Å². The summed E-state index contributed by atoms with van der Waals surface area (Å²) in [5.41, 5.74) is 0.913. The third-order valence-corrected chi connectivity index (χ3v) is 2.77. The lowest BCUT2D eigenvalue weighted by Gasteiger charge is -2.13. The molecule has 0 saturated carbocycles. The number of para-hydroxylation sites is 1. The number of rotatable bonds is 5. The number of ether oxygens (including phenoxy) is 1. The molecule has 0 spiro atoms. The van der Waals surface area contributed by atoms with E-state index in [1.54, 1.807) is 42.5 Å². The third-order valence-electron chi connectivity index (χ3n) is 2.77. The summed E-state index contributed by atoms with van der Waals surface area (Å²) in [6.07, 6.45) is 0.903. The molecule has 0 saturated heterocycles. The summed E-state index contributed by atoms with van der Waals surface area (Å²) in [7, 11) is 0. The maximum Gasteiger partial charge on any atom is 0.343 e. The molecule has 2 aromatic rings. The molecule has 20 heavy (non-hydrogen) atoms. The van der Waals surface area contributed by atoms with Gasteiger partial charge in [-0.15, -0.1) is 0 Å². The molecular formula is C16H17NO3. The van der Waals surface area contributed by atoms with E-state index in [4.69, 9.17) is 4.74 Å². The third kappa shape index (κ3) is 3.29. The Kier molecular flexibility index (Phi) is 4.60. The predicted molar refractivity (Wildman–Crippen MR) is 78.3 cm³/mol. The van der Waals surface area contributed by atoms with Gasteiger partial charge in [0.15, 0.2) is 5.75 Å². The highest BCUT2D eigenvalue weighted by atomic mass is 16.5. The van der Waals surface area contributed by atoms with E-state index in [0.717, 1.165) is 6.42 Å². The predicted octanol–water partition coefficient (Wildman–Crippen LogP) is 3.43. The number of nitrogens with one attached hydrogen (secondary N) is 1. The van der Waals surface area contributed by atoms with Crippen molar-refractivity contribution in [2.45, 2.75) is 13.3 Å². The first kappa shape index (κ1) is 13.9. The zero-order chi connectivity index (χ0) is 14.4. The number of hydrogen-bond acceptors (Lipinski definition) is 4. The quantitative estimate of drug-likeness (QED) is 0.497. The average molecular weight is 271 g/mol. The number of hydrogen-bond donors (Lipinski definition) is 2. The molecule has 0 atom stereocenters. The number of phenols is 1. The Morgan fingerprint density at radius 3 is 2.60 bits per heavy atom. The summed E-state index contributed by atoms with van der Waals surface area (Å²) < 4.78 is 5.35. The number of anilines is 1. The molecule has 0 aliphatic carbocycles. The second-order valence-electron chi connectivity index (χ2n) is 4.33. The molecule has 0 bridgehead atoms. The lowest BCUT2D eigenvalue weighted by Crippen LogP contribution is -2.10. The minimum absolute atomic E-state index is 0.0665. The van der Waals surface area contributed by atoms with Crippen LogP contribution in [0.2, 0.25) is 0 Å². The molecule has 0 aromatic heterocycles. The zero-order valence-electron chi connectivity index (χ0n) is 11.3. The summed E-state index contributed by atoms with van der Waals surface area (Å²) in [4.78, 5) is 12.0. The maximum atomic E-state index is 12.0. The van der Waals surface area contributed by atoms with Crippen molar-refractivity contribution in [3.8, 4) is 11.5 Å². The van der Waals surface area contributed by atoms with Crippen LogP contribution in [0, 0.1) is 0 Å². The zero-order valence-corrected chi connectivity index (χ0v) is 11.3. The van der Waals surface area contributed by atoms with E-state index >= 15 is 0 Å². The Morgan fingerprint density at radius 2 is 1.90 bits per heavy atom. The van der Waals surface area contributed by atoms with E-state index in [1.807, 2.05) is 13.0 Å². The van der Waals surface area contributed by atoms with Crippen molar-refractivity contribution in [2.24, 2.45) is 0 Å². The van der Waals surface area contributed by atoms with E-state index in [1.165, 1.54) is 0 Å². The number of benzene rings is 2. The van der Waals surface area contributed by atoms with Gasteiger partial charge in [-0.2, -0.15) is 0 Å². The number of carbonyl (C=O) groups excluding carboxylic acids is 1. The van der Waals surface area contributed by atoms with Crippen LogP contribution in [-0.4, -0.2) is 17.6 Å². The molecule has 0 aliphatic heterocycles. The van der Waals surface area contributed by atoms with Crippen LogP contribution >= 0.6 is 0 Å². The van der Waals surface area contributed by atoms with Crippen LogP contribution in [-0.2, 0) is 0 Å². The van der Waals surface area contributed by atoms with Crippen molar-refractivity contribution in [3.05, 3.63) is 54.1 Å². The number of phenolic OH excluding ortho intramolecular Hbond substituents is 1. The summed E-state index contributed by atoms with van der Waals surface area (Å²) in [5, 5.41) is 12.9. The standard InChI is InChI=1S/C16H17NO3/c1-2-11-17-15-13(18)9-6-10-14(15)20-16(19)12-7-4-3-5-8-12/h3-10,17-18H,2,11H2,1H3. The van der Waals surface area contributed by atoms with Gasteiger partial charge in [0.2, 0.25) is 0 Å². The first-order valence-corrected chi connectivity index (χ1v) is 6.55. The SMILES string of the molecule is CCCNc1c(O)cccc1OC(=O)c1ccccc1. The van der Waals surface area contributed by atoms with Crippen LogP contribution in [0.25, 0.3) is 0 Å². The molecule has 0 radical (unpaired) electrons. The summed E-state index contributed by atoms with van der Waals surface area (Å²) in [5.74, 6) is -0.0557. The highest BCUT2D eigenvalue weighted by Gasteiger charge is 2.13. The van der Waals surface area contributed by atoms with Crippen LogP contribution in [0.3, 0.4) is 0 Å². The molecule has 0 aliphatic rings. The summed E-state index contributed by atoms with van der Waals surface area (Å²) >= 11 is 0. The van der Waals surface area contributed by atoms with E-state index in [0.29, 0.717) is 23.5 Å². The van der Waals surface area contributed by atoms with Gasteiger partial charge in [0.1, 0.15) is 11.4 Å². The molecule has 2 rings (SSSR count). The van der Waals surface area contributed by atoms with Crippen molar-refractivity contribution >= 4 is 11.7 Å². The van der Waals surface area contributed by atoms with Gasteiger partial charge >= 0.3 is 5.97 Å². The van der Waals surface area contributed by atoms with E-state index in [-0.39, 0.29) is 5.75 Å². The number of carbonyl (C=O) groups is 1. The molecule has 0 fully saturated rings. The largest absolute Gasteiger partial charge is 0.506 e. The second-order valence-corrected chi connectivity index (χ2v) is 4.33. The van der Waals surface area contributed by atoms with Crippen LogP contribution in [0.1, 0.15) is 23.7 Å². The lowest BCUT2D eigenvalue weighted by molar-refractivity contribution is 0.0735. The van der Waals surface area contributed by atoms with E-state index < -0.39 is 5.97 Å². The molecule has 104 valence electrons. The topological polar surface area (TPSA) is 58.6 Å². The first-order chi connectivity index (χ1) is 9.72. The van der Waals surface area contributed by atoms with Crippen LogP contribution in [0.4, 0.5) is 5.69 Å². The summed E-state index contributed by atoms with van der Waals surface area (Å²) in [6.45, 7) is 2.70. The second kappa shape index (κ2) is 6.61. The normalized spacial score (nSPS) is 10.1. The Hall–Kier alpha value is -2.49. The average Bonchev–Trinajstić information content (AvgIpc) is 2.47. The fourth-order valence-corrected chi connectivity index (χ4v) is 1.77. The van der Waals surface area contributed by atoms with Gasteiger partial charge in [0.05, 0.1) is 5.56 Å². The van der Waals surface area contributed by atoms with Crippen molar-refractivity contribution < 1.29 is 14.6 Å². The van der Waals surface area contributed by atoms with Crippen LogP contribution in [0.15, 0.2) is 48.5 Å². The molecule has 0 unspecified atom stereocenters. The smallest absolute Gasteiger partial charge is 0.343 e. The van der Waals surface area contributed by atoms with Crippen LogP contribution < -0.4 is 10.1 Å². The fraction of sp³-hybridized carbons (Fsp3) is 0.188. The molecule has 0 heterocycles. The van der Waals surface area contributed by atoms with Gasteiger partial charge in [0.25, 0.3) is 0 Å². The Balaban J connectivity index is 2.20. The number of aromatic hydroxyl groups is 1. The highest BCUT2D eigenvalue weighted by Crippen LogP contribution is 2.33. The Labute approximate surface area is 118 Å². The van der Waals surface area contributed by atoms with Crippen molar-refractivity contribution in [1.82, 2.24) is 0 Å². The van der Waals surface area contributed by atoms with Crippen LogP contribution in [0.5, 0.6) is 11.5 Å². The van der Waals surface area contributed by atoms with Gasteiger partial charge in [-0.05, 0) is 30.7 Å².